The van der Waals surface area contributed by atoms with Gasteiger partial charge in [-0.2, -0.15) is 0 Å². The van der Waals surface area contributed by atoms with Gasteiger partial charge in [-0.25, -0.2) is 0 Å². The normalized spacial score (nSPS) is 15.5. The summed E-state index contributed by atoms with van der Waals surface area (Å²) < 4.78 is 11.1. The van der Waals surface area contributed by atoms with Crippen molar-refractivity contribution < 1.29 is 13.9 Å². The second kappa shape index (κ2) is 4.88. The van der Waals surface area contributed by atoms with Crippen molar-refractivity contribution in [3.8, 4) is 5.75 Å². The highest BCUT2D eigenvalue weighted by Crippen LogP contribution is 2.32. The number of furan rings is 1. The van der Waals surface area contributed by atoms with Gasteiger partial charge in [0.1, 0.15) is 5.76 Å². The molecule has 0 aliphatic heterocycles. The summed E-state index contributed by atoms with van der Waals surface area (Å²) in [5, 5.41) is 0.967. The fourth-order valence-corrected chi connectivity index (χ4v) is 2.93. The summed E-state index contributed by atoms with van der Waals surface area (Å²) in [4.78, 5) is 12.4. The zero-order valence-electron chi connectivity index (χ0n) is 12.1. The Morgan fingerprint density at radius 1 is 1.14 bits per heavy atom. The number of hydrogen-bond donors (Lipinski definition) is 0. The molecule has 0 saturated carbocycles. The van der Waals surface area contributed by atoms with E-state index in [-0.39, 0.29) is 5.78 Å². The van der Waals surface area contributed by atoms with Gasteiger partial charge in [-0.3, -0.25) is 4.79 Å². The van der Waals surface area contributed by atoms with Crippen LogP contribution in [0.1, 0.15) is 21.7 Å². The molecule has 0 unspecified atom stereocenters. The number of carbonyl (C=O) groups is 1. The highest BCUT2D eigenvalue weighted by Gasteiger charge is 2.24. The van der Waals surface area contributed by atoms with Crippen LogP contribution in [0.4, 0.5) is 0 Å². The summed E-state index contributed by atoms with van der Waals surface area (Å²) in [6, 6.07) is 15.4. The molecule has 0 radical (unpaired) electrons. The first-order valence-electron chi connectivity index (χ1n) is 7.16. The highest BCUT2D eigenvalue weighted by atomic mass is 16.5. The molecule has 3 nitrogen and oxygen atoms in total. The average Bonchev–Trinajstić information content (AvgIpc) is 3.09. The standard InChI is InChI=1S/C19H14O3/c1-21-17-8-4-6-13-10-15(22-19(13)17)11-14-9-12-5-2-3-7-16(12)18(14)20/h2-8,10-11H,9H2,1H3. The summed E-state index contributed by atoms with van der Waals surface area (Å²) in [6.07, 6.45) is 2.49. The molecule has 22 heavy (non-hydrogen) atoms. The third-order valence-corrected chi connectivity index (χ3v) is 4.00. The van der Waals surface area contributed by atoms with Crippen molar-refractivity contribution in [2.24, 2.45) is 0 Å². The van der Waals surface area contributed by atoms with E-state index >= 15 is 0 Å². The minimum absolute atomic E-state index is 0.0861. The molecular weight excluding hydrogens is 276 g/mol. The molecule has 0 atom stereocenters. The molecule has 4 rings (SSSR count). The smallest absolute Gasteiger partial charge is 0.189 e. The van der Waals surface area contributed by atoms with Gasteiger partial charge in [0.05, 0.1) is 7.11 Å². The molecule has 3 aromatic rings. The first-order chi connectivity index (χ1) is 10.8. The van der Waals surface area contributed by atoms with E-state index in [9.17, 15) is 4.79 Å². The van der Waals surface area contributed by atoms with Crippen LogP contribution in [0.25, 0.3) is 17.0 Å². The lowest BCUT2D eigenvalue weighted by atomic mass is 10.1. The van der Waals surface area contributed by atoms with Crippen molar-refractivity contribution in [3.63, 3.8) is 0 Å². The lowest BCUT2D eigenvalue weighted by molar-refractivity contribution is 0.104. The molecule has 1 aliphatic carbocycles. The molecule has 0 fully saturated rings. The first kappa shape index (κ1) is 12.9. The number of carbonyl (C=O) groups excluding carboxylic acids is 1. The Hall–Kier alpha value is -2.81. The minimum atomic E-state index is 0.0861. The minimum Gasteiger partial charge on any atom is -0.493 e. The van der Waals surface area contributed by atoms with E-state index in [4.69, 9.17) is 9.15 Å². The number of hydrogen-bond acceptors (Lipinski definition) is 3. The Morgan fingerprint density at radius 2 is 2.00 bits per heavy atom. The van der Waals surface area contributed by atoms with E-state index in [0.717, 1.165) is 22.1 Å². The number of ether oxygens (including phenoxy) is 1. The molecule has 1 aliphatic rings. The molecule has 0 spiro atoms. The Labute approximate surface area is 127 Å². The van der Waals surface area contributed by atoms with Crippen molar-refractivity contribution in [2.75, 3.05) is 7.11 Å². The van der Waals surface area contributed by atoms with E-state index in [1.54, 1.807) is 7.11 Å². The van der Waals surface area contributed by atoms with Crippen LogP contribution in [-0.2, 0) is 6.42 Å². The Morgan fingerprint density at radius 3 is 2.82 bits per heavy atom. The molecule has 2 aromatic carbocycles. The van der Waals surface area contributed by atoms with Gasteiger partial charge in [0.25, 0.3) is 0 Å². The van der Waals surface area contributed by atoms with E-state index < -0.39 is 0 Å². The topological polar surface area (TPSA) is 39.4 Å². The number of para-hydroxylation sites is 1. The zero-order chi connectivity index (χ0) is 15.1. The number of ketones is 1. The molecule has 3 heteroatoms. The highest BCUT2D eigenvalue weighted by molar-refractivity contribution is 6.15. The van der Waals surface area contributed by atoms with Crippen LogP contribution in [0.5, 0.6) is 5.75 Å². The van der Waals surface area contributed by atoms with Gasteiger partial charge in [0, 0.05) is 22.9 Å². The fourth-order valence-electron chi connectivity index (χ4n) is 2.93. The summed E-state index contributed by atoms with van der Waals surface area (Å²) in [5.41, 5.74) is 3.34. The molecule has 108 valence electrons. The monoisotopic (exact) mass is 290 g/mol. The van der Waals surface area contributed by atoms with Gasteiger partial charge in [0.2, 0.25) is 0 Å². The number of fused-ring (bicyclic) bond motifs is 2. The van der Waals surface area contributed by atoms with Gasteiger partial charge in [-0.05, 0) is 23.8 Å². The summed E-state index contributed by atoms with van der Waals surface area (Å²) in [5.74, 6) is 1.46. The van der Waals surface area contributed by atoms with Crippen LogP contribution < -0.4 is 4.74 Å². The van der Waals surface area contributed by atoms with Gasteiger partial charge in [0.15, 0.2) is 17.1 Å². The molecule has 1 heterocycles. The number of Topliss-reactive ketones (excluding diaryl/α,β-unsaturated/α-hetero) is 1. The van der Waals surface area contributed by atoms with E-state index in [2.05, 4.69) is 0 Å². The Balaban J connectivity index is 1.77. The van der Waals surface area contributed by atoms with Crippen LogP contribution in [-0.4, -0.2) is 12.9 Å². The maximum absolute atomic E-state index is 12.4. The predicted octanol–water partition coefficient (Wildman–Crippen LogP) is 4.26. The largest absolute Gasteiger partial charge is 0.493 e. The van der Waals surface area contributed by atoms with Crippen LogP contribution in [0, 0.1) is 0 Å². The second-order valence-electron chi connectivity index (χ2n) is 5.36. The summed E-state index contributed by atoms with van der Waals surface area (Å²) in [6.45, 7) is 0. The Bertz CT molecular complexity index is 915. The number of rotatable bonds is 2. The lowest BCUT2D eigenvalue weighted by Gasteiger charge is -1.98. The van der Waals surface area contributed by atoms with Gasteiger partial charge >= 0.3 is 0 Å². The Kier molecular flexibility index (Phi) is 2.86. The third kappa shape index (κ3) is 1.94. The SMILES string of the molecule is COc1cccc2cc(C=C3Cc4ccccc4C3=O)oc12. The predicted molar refractivity (Wildman–Crippen MR) is 85.2 cm³/mol. The summed E-state index contributed by atoms with van der Waals surface area (Å²) in [7, 11) is 1.62. The molecule has 1 aromatic heterocycles. The van der Waals surface area contributed by atoms with E-state index in [1.165, 1.54) is 0 Å². The molecular formula is C19H14O3. The van der Waals surface area contributed by atoms with Crippen LogP contribution in [0.3, 0.4) is 0 Å². The third-order valence-electron chi connectivity index (χ3n) is 4.00. The molecule has 0 saturated heterocycles. The lowest BCUT2D eigenvalue weighted by Crippen LogP contribution is -1.94. The van der Waals surface area contributed by atoms with Crippen LogP contribution >= 0.6 is 0 Å². The molecule has 0 bridgehead atoms. The quantitative estimate of drug-likeness (QED) is 0.662. The molecule has 0 amide bonds. The average molecular weight is 290 g/mol. The first-order valence-corrected chi connectivity index (χ1v) is 7.16. The fraction of sp³-hybridized carbons (Fsp3) is 0.105. The molecule has 0 N–H and O–H groups in total. The van der Waals surface area contributed by atoms with E-state index in [0.29, 0.717) is 23.5 Å². The maximum Gasteiger partial charge on any atom is 0.189 e. The van der Waals surface area contributed by atoms with Gasteiger partial charge < -0.3 is 9.15 Å². The van der Waals surface area contributed by atoms with Crippen LogP contribution in [0.2, 0.25) is 0 Å². The zero-order valence-corrected chi connectivity index (χ0v) is 12.1. The van der Waals surface area contributed by atoms with Gasteiger partial charge in [-0.1, -0.05) is 36.4 Å². The van der Waals surface area contributed by atoms with Gasteiger partial charge in [-0.15, -0.1) is 0 Å². The summed E-state index contributed by atoms with van der Waals surface area (Å²) >= 11 is 0. The van der Waals surface area contributed by atoms with Crippen LogP contribution in [0.15, 0.2) is 58.5 Å². The maximum atomic E-state index is 12.4. The van der Waals surface area contributed by atoms with Crippen molar-refractivity contribution in [2.45, 2.75) is 6.42 Å². The van der Waals surface area contributed by atoms with Crippen molar-refractivity contribution in [1.29, 1.82) is 0 Å². The number of methoxy groups -OCH3 is 1. The van der Waals surface area contributed by atoms with E-state index in [1.807, 2.05) is 54.6 Å². The number of benzene rings is 2. The van der Waals surface area contributed by atoms with Crippen molar-refractivity contribution in [1.82, 2.24) is 0 Å². The van der Waals surface area contributed by atoms with Crippen molar-refractivity contribution in [3.05, 3.63) is 71.0 Å². The number of allylic oxidation sites excluding steroid dienone is 1. The van der Waals surface area contributed by atoms with Crippen molar-refractivity contribution >= 4 is 22.8 Å². The second-order valence-corrected chi connectivity index (χ2v) is 5.36.